The first-order chi connectivity index (χ1) is 9.36. The molecule has 1 aromatic rings. The fourth-order valence-electron chi connectivity index (χ4n) is 1.79. The Morgan fingerprint density at radius 1 is 1.05 bits per heavy atom. The standard InChI is InChI=1S/C16H27NO2/c1-3-5-6-10-18-11-12-19-16-9-7-8-15(13-16)14-17-4-2/h7-9,13,17H,3-6,10-12,14H2,1-2H3. The molecule has 3 heteroatoms. The van der Waals surface area contributed by atoms with Crippen LogP contribution in [0.15, 0.2) is 24.3 Å². The van der Waals surface area contributed by atoms with E-state index in [1.807, 2.05) is 12.1 Å². The Morgan fingerprint density at radius 2 is 1.95 bits per heavy atom. The topological polar surface area (TPSA) is 30.5 Å². The largest absolute Gasteiger partial charge is 0.491 e. The summed E-state index contributed by atoms with van der Waals surface area (Å²) in [6.07, 6.45) is 3.63. The lowest BCUT2D eigenvalue weighted by atomic mass is 10.2. The predicted octanol–water partition coefficient (Wildman–Crippen LogP) is 3.38. The molecule has 0 saturated heterocycles. The van der Waals surface area contributed by atoms with E-state index in [0.29, 0.717) is 13.2 Å². The van der Waals surface area contributed by atoms with Crippen LogP contribution in [0.2, 0.25) is 0 Å². The molecule has 19 heavy (non-hydrogen) atoms. The molecule has 0 heterocycles. The van der Waals surface area contributed by atoms with Crippen LogP contribution in [0.5, 0.6) is 5.75 Å². The minimum atomic E-state index is 0.622. The molecule has 1 aromatic carbocycles. The number of ether oxygens (including phenoxy) is 2. The molecule has 0 radical (unpaired) electrons. The first-order valence-electron chi connectivity index (χ1n) is 7.37. The number of rotatable bonds is 11. The summed E-state index contributed by atoms with van der Waals surface area (Å²) in [6.45, 7) is 8.31. The molecule has 0 atom stereocenters. The normalized spacial score (nSPS) is 10.6. The highest BCUT2D eigenvalue weighted by molar-refractivity contribution is 5.28. The summed E-state index contributed by atoms with van der Waals surface area (Å²) in [5.41, 5.74) is 1.25. The Kier molecular flexibility index (Phi) is 9.11. The van der Waals surface area contributed by atoms with Crippen LogP contribution in [0, 0.1) is 0 Å². The minimum absolute atomic E-state index is 0.622. The van der Waals surface area contributed by atoms with Crippen LogP contribution in [0.3, 0.4) is 0 Å². The SMILES string of the molecule is CCCCCOCCOc1cccc(CNCC)c1. The Bertz CT molecular complexity index is 328. The van der Waals surface area contributed by atoms with E-state index in [9.17, 15) is 0 Å². The Morgan fingerprint density at radius 3 is 2.74 bits per heavy atom. The monoisotopic (exact) mass is 265 g/mol. The van der Waals surface area contributed by atoms with Crippen molar-refractivity contribution < 1.29 is 9.47 Å². The van der Waals surface area contributed by atoms with Gasteiger partial charge in [-0.1, -0.05) is 38.8 Å². The van der Waals surface area contributed by atoms with Crippen LogP contribution in [-0.2, 0) is 11.3 Å². The quantitative estimate of drug-likeness (QED) is 0.622. The molecule has 1 rings (SSSR count). The van der Waals surface area contributed by atoms with Crippen molar-refractivity contribution in [2.24, 2.45) is 0 Å². The van der Waals surface area contributed by atoms with Crippen LogP contribution < -0.4 is 10.1 Å². The van der Waals surface area contributed by atoms with Crippen molar-refractivity contribution in [2.45, 2.75) is 39.7 Å². The third kappa shape index (κ3) is 7.85. The van der Waals surface area contributed by atoms with Crippen molar-refractivity contribution in [2.75, 3.05) is 26.4 Å². The Hall–Kier alpha value is -1.06. The Balaban J connectivity index is 2.14. The van der Waals surface area contributed by atoms with E-state index in [2.05, 4.69) is 31.3 Å². The average Bonchev–Trinajstić information content (AvgIpc) is 2.44. The fourth-order valence-corrected chi connectivity index (χ4v) is 1.79. The highest BCUT2D eigenvalue weighted by Gasteiger charge is 1.97. The number of hydrogen-bond donors (Lipinski definition) is 1. The highest BCUT2D eigenvalue weighted by atomic mass is 16.5. The van der Waals surface area contributed by atoms with E-state index in [0.717, 1.165) is 31.9 Å². The van der Waals surface area contributed by atoms with Crippen LogP contribution in [0.4, 0.5) is 0 Å². The van der Waals surface area contributed by atoms with Crippen molar-refractivity contribution in [3.63, 3.8) is 0 Å². The zero-order valence-corrected chi connectivity index (χ0v) is 12.3. The molecule has 0 fully saturated rings. The molecule has 108 valence electrons. The maximum absolute atomic E-state index is 5.68. The van der Waals surface area contributed by atoms with Gasteiger partial charge in [0.2, 0.25) is 0 Å². The molecule has 0 bridgehead atoms. The molecule has 0 aliphatic heterocycles. The zero-order chi connectivity index (χ0) is 13.8. The van der Waals surface area contributed by atoms with Gasteiger partial charge >= 0.3 is 0 Å². The number of benzene rings is 1. The maximum Gasteiger partial charge on any atom is 0.119 e. The van der Waals surface area contributed by atoms with E-state index in [4.69, 9.17) is 9.47 Å². The predicted molar refractivity (Wildman–Crippen MR) is 79.7 cm³/mol. The lowest BCUT2D eigenvalue weighted by Gasteiger charge is -2.09. The fraction of sp³-hybridized carbons (Fsp3) is 0.625. The Labute approximate surface area is 117 Å². The molecule has 0 spiro atoms. The van der Waals surface area contributed by atoms with Gasteiger partial charge < -0.3 is 14.8 Å². The smallest absolute Gasteiger partial charge is 0.119 e. The van der Waals surface area contributed by atoms with Gasteiger partial charge in [-0.2, -0.15) is 0 Å². The third-order valence-corrected chi connectivity index (χ3v) is 2.87. The number of nitrogens with one attached hydrogen (secondary N) is 1. The van der Waals surface area contributed by atoms with Crippen LogP contribution in [0.1, 0.15) is 38.7 Å². The van der Waals surface area contributed by atoms with Gasteiger partial charge in [-0.05, 0) is 30.7 Å². The average molecular weight is 265 g/mol. The third-order valence-electron chi connectivity index (χ3n) is 2.87. The van der Waals surface area contributed by atoms with E-state index in [-0.39, 0.29) is 0 Å². The van der Waals surface area contributed by atoms with E-state index < -0.39 is 0 Å². The summed E-state index contributed by atoms with van der Waals surface area (Å²) in [5.74, 6) is 0.924. The van der Waals surface area contributed by atoms with Crippen molar-refractivity contribution >= 4 is 0 Å². The second-order valence-electron chi connectivity index (χ2n) is 4.60. The maximum atomic E-state index is 5.68. The first kappa shape index (κ1) is 16.0. The lowest BCUT2D eigenvalue weighted by Crippen LogP contribution is -2.12. The van der Waals surface area contributed by atoms with Crippen molar-refractivity contribution in [3.05, 3.63) is 29.8 Å². The van der Waals surface area contributed by atoms with Gasteiger partial charge in [-0.3, -0.25) is 0 Å². The van der Waals surface area contributed by atoms with Crippen LogP contribution in [0.25, 0.3) is 0 Å². The van der Waals surface area contributed by atoms with Gasteiger partial charge in [0.25, 0.3) is 0 Å². The zero-order valence-electron chi connectivity index (χ0n) is 12.3. The molecule has 1 N–H and O–H groups in total. The summed E-state index contributed by atoms with van der Waals surface area (Å²) in [7, 11) is 0. The van der Waals surface area contributed by atoms with Crippen molar-refractivity contribution in [1.82, 2.24) is 5.32 Å². The summed E-state index contributed by atoms with van der Waals surface area (Å²) >= 11 is 0. The van der Waals surface area contributed by atoms with Gasteiger partial charge in [0.1, 0.15) is 12.4 Å². The molecular weight excluding hydrogens is 238 g/mol. The number of hydrogen-bond acceptors (Lipinski definition) is 3. The summed E-state index contributed by atoms with van der Waals surface area (Å²) in [6, 6.07) is 8.22. The van der Waals surface area contributed by atoms with Crippen molar-refractivity contribution in [1.29, 1.82) is 0 Å². The molecular formula is C16H27NO2. The summed E-state index contributed by atoms with van der Waals surface area (Å²) < 4.78 is 11.2. The molecule has 0 unspecified atom stereocenters. The minimum Gasteiger partial charge on any atom is -0.491 e. The van der Waals surface area contributed by atoms with Gasteiger partial charge in [-0.25, -0.2) is 0 Å². The van der Waals surface area contributed by atoms with Crippen LogP contribution in [-0.4, -0.2) is 26.4 Å². The number of unbranched alkanes of at least 4 members (excludes halogenated alkanes) is 2. The molecule has 3 nitrogen and oxygen atoms in total. The molecule has 0 amide bonds. The van der Waals surface area contributed by atoms with E-state index in [1.165, 1.54) is 18.4 Å². The lowest BCUT2D eigenvalue weighted by molar-refractivity contribution is 0.0973. The highest BCUT2D eigenvalue weighted by Crippen LogP contribution is 2.13. The summed E-state index contributed by atoms with van der Waals surface area (Å²) in [5, 5.41) is 3.31. The van der Waals surface area contributed by atoms with E-state index >= 15 is 0 Å². The second-order valence-corrected chi connectivity index (χ2v) is 4.60. The van der Waals surface area contributed by atoms with Crippen molar-refractivity contribution in [3.8, 4) is 5.75 Å². The summed E-state index contributed by atoms with van der Waals surface area (Å²) in [4.78, 5) is 0. The van der Waals surface area contributed by atoms with Gasteiger partial charge in [0.05, 0.1) is 6.61 Å². The molecule has 0 aliphatic rings. The molecule has 0 saturated carbocycles. The molecule has 0 aromatic heterocycles. The second kappa shape index (κ2) is 10.8. The van der Waals surface area contributed by atoms with Gasteiger partial charge in [0, 0.05) is 13.2 Å². The van der Waals surface area contributed by atoms with Gasteiger partial charge in [0.15, 0.2) is 0 Å². The van der Waals surface area contributed by atoms with Crippen LogP contribution >= 0.6 is 0 Å². The van der Waals surface area contributed by atoms with Gasteiger partial charge in [-0.15, -0.1) is 0 Å². The van der Waals surface area contributed by atoms with E-state index in [1.54, 1.807) is 0 Å². The first-order valence-corrected chi connectivity index (χ1v) is 7.37. The molecule has 0 aliphatic carbocycles.